The largest absolute Gasteiger partial charge is 0.491 e. The van der Waals surface area contributed by atoms with Gasteiger partial charge in [-0.05, 0) is 25.0 Å². The van der Waals surface area contributed by atoms with Crippen LogP contribution in [0.15, 0.2) is 24.3 Å². The van der Waals surface area contributed by atoms with Gasteiger partial charge in [-0.25, -0.2) is 0 Å². The molecule has 2 atom stereocenters. The van der Waals surface area contributed by atoms with Gasteiger partial charge in [0.2, 0.25) is 5.91 Å². The van der Waals surface area contributed by atoms with E-state index in [0.29, 0.717) is 24.5 Å². The molecule has 0 heterocycles. The lowest BCUT2D eigenvalue weighted by molar-refractivity contribution is -0.139. The van der Waals surface area contributed by atoms with Crippen LogP contribution in [0.5, 0.6) is 5.75 Å². The monoisotopic (exact) mass is 263 g/mol. The third-order valence-corrected chi connectivity index (χ3v) is 3.05. The summed E-state index contributed by atoms with van der Waals surface area (Å²) < 4.78 is 5.53. The molecule has 5 heteroatoms. The zero-order valence-electron chi connectivity index (χ0n) is 10.8. The molecule has 102 valence electrons. The number of carboxylic acid groups (broad SMARTS) is 1. The molecule has 2 rings (SSSR count). The van der Waals surface area contributed by atoms with E-state index in [1.54, 1.807) is 18.2 Å². The average molecular weight is 263 g/mol. The molecule has 1 aromatic rings. The summed E-state index contributed by atoms with van der Waals surface area (Å²) in [5.74, 6) is -1.50. The molecule has 1 aliphatic carbocycles. The lowest BCUT2D eigenvalue weighted by Gasteiger charge is -2.11. The zero-order valence-corrected chi connectivity index (χ0v) is 10.8. The van der Waals surface area contributed by atoms with Crippen LogP contribution in [-0.2, 0) is 9.59 Å². The number of anilines is 1. The minimum Gasteiger partial charge on any atom is -0.491 e. The Balaban J connectivity index is 1.99. The number of carbonyl (C=O) groups excluding carboxylic acids is 1. The maximum absolute atomic E-state index is 11.9. The van der Waals surface area contributed by atoms with E-state index >= 15 is 0 Å². The van der Waals surface area contributed by atoms with Gasteiger partial charge in [0, 0.05) is 0 Å². The summed E-state index contributed by atoms with van der Waals surface area (Å²) in [4.78, 5) is 22.6. The Morgan fingerprint density at radius 3 is 2.74 bits per heavy atom. The number of aliphatic carboxylic acids is 1. The van der Waals surface area contributed by atoms with Crippen molar-refractivity contribution < 1.29 is 19.4 Å². The lowest BCUT2D eigenvalue weighted by Crippen LogP contribution is -2.17. The predicted octanol–water partition coefficient (Wildman–Crippen LogP) is 2.13. The first kappa shape index (κ1) is 13.4. The van der Waals surface area contributed by atoms with E-state index in [2.05, 4.69) is 5.32 Å². The molecule has 2 unspecified atom stereocenters. The summed E-state index contributed by atoms with van der Waals surface area (Å²) in [7, 11) is 0. The quantitative estimate of drug-likeness (QED) is 0.824. The Labute approximate surface area is 111 Å². The minimum absolute atomic E-state index is 0.250. The minimum atomic E-state index is -0.907. The highest BCUT2D eigenvalue weighted by Gasteiger charge is 2.48. The summed E-state index contributed by atoms with van der Waals surface area (Å²) >= 11 is 0. The number of hydrogen-bond acceptors (Lipinski definition) is 3. The first-order valence-corrected chi connectivity index (χ1v) is 6.39. The normalized spacial score (nSPS) is 20.7. The zero-order chi connectivity index (χ0) is 13.8. The highest BCUT2D eigenvalue weighted by molar-refractivity contribution is 5.99. The fraction of sp³-hybridized carbons (Fsp3) is 0.429. The van der Waals surface area contributed by atoms with Crippen LogP contribution in [0.3, 0.4) is 0 Å². The van der Waals surface area contributed by atoms with Crippen LogP contribution in [-0.4, -0.2) is 23.6 Å². The van der Waals surface area contributed by atoms with Crippen molar-refractivity contribution in [1.29, 1.82) is 0 Å². The van der Waals surface area contributed by atoms with Crippen molar-refractivity contribution in [2.75, 3.05) is 11.9 Å². The topological polar surface area (TPSA) is 75.6 Å². The highest BCUT2D eigenvalue weighted by atomic mass is 16.5. The van der Waals surface area contributed by atoms with Crippen LogP contribution in [0.2, 0.25) is 0 Å². The lowest BCUT2D eigenvalue weighted by atomic mass is 10.2. The third-order valence-electron chi connectivity index (χ3n) is 3.05. The van der Waals surface area contributed by atoms with Crippen LogP contribution in [0.1, 0.15) is 19.8 Å². The number of rotatable bonds is 6. The number of nitrogens with one attached hydrogen (secondary N) is 1. The van der Waals surface area contributed by atoms with E-state index in [4.69, 9.17) is 9.84 Å². The molecular formula is C14H17NO4. The molecule has 19 heavy (non-hydrogen) atoms. The molecule has 2 N–H and O–H groups in total. The molecule has 5 nitrogen and oxygen atoms in total. The van der Waals surface area contributed by atoms with Gasteiger partial charge >= 0.3 is 5.97 Å². The second-order valence-electron chi connectivity index (χ2n) is 4.62. The first-order chi connectivity index (χ1) is 9.13. The number of benzene rings is 1. The van der Waals surface area contributed by atoms with Gasteiger partial charge < -0.3 is 15.2 Å². The molecule has 0 aliphatic heterocycles. The molecule has 1 amide bonds. The molecule has 0 aromatic heterocycles. The second kappa shape index (κ2) is 5.73. The molecule has 1 saturated carbocycles. The molecule has 1 aliphatic rings. The summed E-state index contributed by atoms with van der Waals surface area (Å²) in [6, 6.07) is 7.17. The molecule has 1 aromatic carbocycles. The van der Waals surface area contributed by atoms with E-state index in [1.165, 1.54) is 0 Å². The standard InChI is InChI=1S/C14H17NO4/c1-2-7-19-12-6-4-3-5-11(12)15-13(16)9-8-10(9)14(17)18/h3-6,9-10H,2,7-8H2,1H3,(H,15,16)(H,17,18). The highest BCUT2D eigenvalue weighted by Crippen LogP contribution is 2.40. The molecule has 0 spiro atoms. The Morgan fingerprint density at radius 1 is 1.37 bits per heavy atom. The van der Waals surface area contributed by atoms with Crippen molar-refractivity contribution >= 4 is 17.6 Å². The number of para-hydroxylation sites is 2. The van der Waals surface area contributed by atoms with Gasteiger partial charge in [-0.2, -0.15) is 0 Å². The number of amides is 1. The van der Waals surface area contributed by atoms with Crippen LogP contribution in [0, 0.1) is 11.8 Å². The van der Waals surface area contributed by atoms with Crippen molar-refractivity contribution in [3.8, 4) is 5.75 Å². The maximum atomic E-state index is 11.9. The summed E-state index contributed by atoms with van der Waals surface area (Å²) in [5.41, 5.74) is 0.594. The van der Waals surface area contributed by atoms with Gasteiger partial charge in [-0.15, -0.1) is 0 Å². The Bertz CT molecular complexity index is 486. The summed E-state index contributed by atoms with van der Waals surface area (Å²) in [6.07, 6.45) is 1.30. The van der Waals surface area contributed by atoms with Crippen molar-refractivity contribution in [3.05, 3.63) is 24.3 Å². The first-order valence-electron chi connectivity index (χ1n) is 6.39. The van der Waals surface area contributed by atoms with Crippen LogP contribution in [0.25, 0.3) is 0 Å². The predicted molar refractivity (Wildman–Crippen MR) is 70.1 cm³/mol. The van der Waals surface area contributed by atoms with Gasteiger partial charge in [-0.3, -0.25) is 9.59 Å². The van der Waals surface area contributed by atoms with E-state index in [1.807, 2.05) is 13.0 Å². The molecule has 1 fully saturated rings. The molecule has 0 radical (unpaired) electrons. The number of hydrogen-bond donors (Lipinski definition) is 2. The summed E-state index contributed by atoms with van der Waals surface area (Å²) in [5, 5.41) is 11.5. The third kappa shape index (κ3) is 3.24. The second-order valence-corrected chi connectivity index (χ2v) is 4.62. The Morgan fingerprint density at radius 2 is 2.11 bits per heavy atom. The maximum Gasteiger partial charge on any atom is 0.307 e. The number of carbonyl (C=O) groups is 2. The Kier molecular flexibility index (Phi) is 4.04. The van der Waals surface area contributed by atoms with Crippen molar-refractivity contribution in [3.63, 3.8) is 0 Å². The van der Waals surface area contributed by atoms with Crippen LogP contribution in [0.4, 0.5) is 5.69 Å². The van der Waals surface area contributed by atoms with Gasteiger partial charge in [0.1, 0.15) is 5.75 Å². The smallest absolute Gasteiger partial charge is 0.307 e. The number of carboxylic acids is 1. The van der Waals surface area contributed by atoms with Gasteiger partial charge in [0.15, 0.2) is 0 Å². The molecular weight excluding hydrogens is 246 g/mol. The van der Waals surface area contributed by atoms with Gasteiger partial charge in [-0.1, -0.05) is 19.1 Å². The van der Waals surface area contributed by atoms with Crippen LogP contribution >= 0.6 is 0 Å². The fourth-order valence-electron chi connectivity index (χ4n) is 1.89. The molecule has 0 saturated heterocycles. The van der Waals surface area contributed by atoms with E-state index in [9.17, 15) is 9.59 Å². The van der Waals surface area contributed by atoms with E-state index in [-0.39, 0.29) is 5.91 Å². The van der Waals surface area contributed by atoms with Crippen molar-refractivity contribution in [1.82, 2.24) is 0 Å². The SMILES string of the molecule is CCCOc1ccccc1NC(=O)C1CC1C(=O)O. The molecule has 0 bridgehead atoms. The average Bonchev–Trinajstić information content (AvgIpc) is 3.18. The van der Waals surface area contributed by atoms with E-state index < -0.39 is 17.8 Å². The van der Waals surface area contributed by atoms with Crippen molar-refractivity contribution in [2.24, 2.45) is 11.8 Å². The van der Waals surface area contributed by atoms with Gasteiger partial charge in [0.25, 0.3) is 0 Å². The summed E-state index contributed by atoms with van der Waals surface area (Å²) in [6.45, 7) is 2.58. The van der Waals surface area contributed by atoms with Gasteiger partial charge in [0.05, 0.1) is 24.1 Å². The Hall–Kier alpha value is -2.04. The van der Waals surface area contributed by atoms with Crippen molar-refractivity contribution in [2.45, 2.75) is 19.8 Å². The fourth-order valence-corrected chi connectivity index (χ4v) is 1.89. The number of ether oxygens (including phenoxy) is 1. The van der Waals surface area contributed by atoms with E-state index in [0.717, 1.165) is 6.42 Å². The van der Waals surface area contributed by atoms with Crippen LogP contribution < -0.4 is 10.1 Å².